The second-order valence-electron chi connectivity index (χ2n) is 1.86. The van der Waals surface area contributed by atoms with Crippen LogP contribution in [0.2, 0.25) is 0 Å². The number of hydrogen-bond acceptors (Lipinski definition) is 3. The maximum atomic E-state index is 5.18. The minimum Gasteiger partial charge on any atom is -0.488 e. The predicted molar refractivity (Wildman–Crippen MR) is 40.8 cm³/mol. The first-order valence-corrected chi connectivity index (χ1v) is 3.42. The van der Waals surface area contributed by atoms with Gasteiger partial charge < -0.3 is 9.47 Å². The van der Waals surface area contributed by atoms with Crippen molar-refractivity contribution in [2.24, 2.45) is 0 Å². The Morgan fingerprint density at radius 3 is 3.09 bits per heavy atom. The van der Waals surface area contributed by atoms with Crippen LogP contribution in [0.5, 0.6) is 11.6 Å². The highest BCUT2D eigenvalue weighted by atomic mass is 16.5. The molecule has 0 aliphatic heterocycles. The van der Waals surface area contributed by atoms with E-state index >= 15 is 0 Å². The molecule has 0 aliphatic carbocycles. The van der Waals surface area contributed by atoms with E-state index in [1.54, 1.807) is 19.4 Å². The number of pyridine rings is 1. The summed E-state index contributed by atoms with van der Waals surface area (Å²) in [6, 6.07) is 4.57. The quantitative estimate of drug-likeness (QED) is 0.654. The second kappa shape index (κ2) is 3.81. The van der Waals surface area contributed by atoms with E-state index in [4.69, 9.17) is 9.47 Å². The molecule has 0 fully saturated rings. The molecule has 0 aliphatic rings. The zero-order valence-corrected chi connectivity index (χ0v) is 6.63. The Kier molecular flexibility index (Phi) is 2.72. The van der Waals surface area contributed by atoms with Crippen molar-refractivity contribution in [3.8, 4) is 11.6 Å². The maximum Gasteiger partial charge on any atom is 0.257 e. The highest BCUT2D eigenvalue weighted by Crippen LogP contribution is 2.21. The smallest absolute Gasteiger partial charge is 0.257 e. The summed E-state index contributed by atoms with van der Waals surface area (Å²) in [6.07, 6.45) is 1.61. The molecule has 1 aromatic heterocycles. The van der Waals surface area contributed by atoms with Gasteiger partial charge in [0.2, 0.25) is 0 Å². The van der Waals surface area contributed by atoms with Crippen LogP contribution in [-0.4, -0.2) is 18.7 Å². The molecule has 59 valence electrons. The zero-order chi connectivity index (χ0) is 8.10. The Morgan fingerprint density at radius 1 is 1.64 bits per heavy atom. The minimum atomic E-state index is 0.481. The molecule has 11 heavy (non-hydrogen) atoms. The SMILES string of the molecule is CCOc1[c]ccnc1OC. The molecule has 0 N–H and O–H groups in total. The average molecular weight is 152 g/mol. The van der Waals surface area contributed by atoms with Crippen LogP contribution in [0, 0.1) is 6.07 Å². The van der Waals surface area contributed by atoms with Crippen LogP contribution in [-0.2, 0) is 0 Å². The average Bonchev–Trinajstić information content (AvgIpc) is 2.06. The first-order valence-electron chi connectivity index (χ1n) is 3.42. The van der Waals surface area contributed by atoms with Crippen LogP contribution >= 0.6 is 0 Å². The molecule has 1 rings (SSSR count). The molecule has 3 heteroatoms. The lowest BCUT2D eigenvalue weighted by atomic mass is 10.4. The number of nitrogens with zero attached hydrogens (tertiary/aromatic N) is 1. The topological polar surface area (TPSA) is 31.4 Å². The summed E-state index contributed by atoms with van der Waals surface area (Å²) >= 11 is 0. The van der Waals surface area contributed by atoms with Gasteiger partial charge in [0.15, 0.2) is 5.75 Å². The lowest BCUT2D eigenvalue weighted by Crippen LogP contribution is -1.96. The molecule has 0 amide bonds. The largest absolute Gasteiger partial charge is 0.488 e. The minimum absolute atomic E-state index is 0.481. The Balaban J connectivity index is 2.83. The van der Waals surface area contributed by atoms with Crippen LogP contribution in [0.15, 0.2) is 12.3 Å². The van der Waals surface area contributed by atoms with Crippen LogP contribution in [0.1, 0.15) is 6.92 Å². The first-order chi connectivity index (χ1) is 5.38. The molecule has 0 saturated heterocycles. The normalized spacial score (nSPS) is 9.27. The summed E-state index contributed by atoms with van der Waals surface area (Å²) in [7, 11) is 1.55. The molecule has 1 heterocycles. The van der Waals surface area contributed by atoms with Gasteiger partial charge in [-0.3, -0.25) is 0 Å². The van der Waals surface area contributed by atoms with E-state index in [0.717, 1.165) is 0 Å². The third-order valence-electron chi connectivity index (χ3n) is 1.16. The van der Waals surface area contributed by atoms with Gasteiger partial charge in [0.25, 0.3) is 5.88 Å². The van der Waals surface area contributed by atoms with E-state index in [2.05, 4.69) is 11.1 Å². The molecular formula is C8H10NO2. The third-order valence-corrected chi connectivity index (χ3v) is 1.16. The molecule has 0 bridgehead atoms. The van der Waals surface area contributed by atoms with E-state index < -0.39 is 0 Å². The van der Waals surface area contributed by atoms with Gasteiger partial charge in [0, 0.05) is 12.3 Å². The van der Waals surface area contributed by atoms with Gasteiger partial charge in [0.1, 0.15) is 0 Å². The van der Waals surface area contributed by atoms with Gasteiger partial charge in [-0.2, -0.15) is 0 Å². The fourth-order valence-corrected chi connectivity index (χ4v) is 0.731. The summed E-state index contributed by atoms with van der Waals surface area (Å²) in [5, 5.41) is 0. The van der Waals surface area contributed by atoms with E-state index in [0.29, 0.717) is 18.2 Å². The fourth-order valence-electron chi connectivity index (χ4n) is 0.731. The van der Waals surface area contributed by atoms with Gasteiger partial charge in [-0.05, 0) is 13.0 Å². The van der Waals surface area contributed by atoms with Crippen molar-refractivity contribution in [2.75, 3.05) is 13.7 Å². The molecule has 0 spiro atoms. The highest BCUT2D eigenvalue weighted by Gasteiger charge is 2.01. The van der Waals surface area contributed by atoms with E-state index in [9.17, 15) is 0 Å². The van der Waals surface area contributed by atoms with Crippen molar-refractivity contribution in [1.82, 2.24) is 4.98 Å². The van der Waals surface area contributed by atoms with Crippen molar-refractivity contribution in [1.29, 1.82) is 0 Å². The standard InChI is InChI=1S/C8H10NO2/c1-3-11-7-5-4-6-9-8(7)10-2/h4,6H,3H2,1-2H3. The number of hydrogen-bond donors (Lipinski definition) is 0. The molecule has 0 atom stereocenters. The predicted octanol–water partition coefficient (Wildman–Crippen LogP) is 1.29. The number of methoxy groups -OCH3 is 1. The monoisotopic (exact) mass is 152 g/mol. The molecule has 1 radical (unpaired) electrons. The summed E-state index contributed by atoms with van der Waals surface area (Å²) in [5.74, 6) is 1.05. The Labute approximate surface area is 66.0 Å². The molecule has 0 unspecified atom stereocenters. The number of rotatable bonds is 3. The Bertz CT molecular complexity index is 225. The Morgan fingerprint density at radius 2 is 2.45 bits per heavy atom. The van der Waals surface area contributed by atoms with Gasteiger partial charge >= 0.3 is 0 Å². The van der Waals surface area contributed by atoms with Crippen molar-refractivity contribution in [3.63, 3.8) is 0 Å². The van der Waals surface area contributed by atoms with E-state index in [1.165, 1.54) is 0 Å². The maximum absolute atomic E-state index is 5.18. The van der Waals surface area contributed by atoms with Crippen molar-refractivity contribution in [2.45, 2.75) is 6.92 Å². The summed E-state index contributed by atoms with van der Waals surface area (Å²) < 4.78 is 10.1. The Hall–Kier alpha value is -1.25. The summed E-state index contributed by atoms with van der Waals surface area (Å²) in [4.78, 5) is 3.94. The molecule has 1 aromatic rings. The van der Waals surface area contributed by atoms with Gasteiger partial charge in [0.05, 0.1) is 13.7 Å². The van der Waals surface area contributed by atoms with Crippen molar-refractivity contribution >= 4 is 0 Å². The molecule has 0 aromatic carbocycles. The van der Waals surface area contributed by atoms with Crippen LogP contribution < -0.4 is 9.47 Å². The highest BCUT2D eigenvalue weighted by molar-refractivity contribution is 5.30. The molecular weight excluding hydrogens is 142 g/mol. The third kappa shape index (κ3) is 1.83. The van der Waals surface area contributed by atoms with E-state index in [1.807, 2.05) is 6.92 Å². The van der Waals surface area contributed by atoms with Crippen LogP contribution in [0.25, 0.3) is 0 Å². The van der Waals surface area contributed by atoms with Crippen molar-refractivity contribution in [3.05, 3.63) is 18.3 Å². The van der Waals surface area contributed by atoms with Crippen LogP contribution in [0.3, 0.4) is 0 Å². The second-order valence-corrected chi connectivity index (χ2v) is 1.86. The zero-order valence-electron chi connectivity index (χ0n) is 6.63. The van der Waals surface area contributed by atoms with Crippen molar-refractivity contribution < 1.29 is 9.47 Å². The van der Waals surface area contributed by atoms with Crippen LogP contribution in [0.4, 0.5) is 0 Å². The summed E-state index contributed by atoms with van der Waals surface area (Å²) in [6.45, 7) is 2.50. The number of aromatic nitrogens is 1. The lowest BCUT2D eigenvalue weighted by molar-refractivity contribution is 0.303. The van der Waals surface area contributed by atoms with E-state index in [-0.39, 0.29) is 0 Å². The molecule has 3 nitrogen and oxygen atoms in total. The first kappa shape index (κ1) is 7.85. The summed E-state index contributed by atoms with van der Waals surface area (Å²) in [5.41, 5.74) is 0. The lowest BCUT2D eigenvalue weighted by Gasteiger charge is -2.05. The van der Waals surface area contributed by atoms with Gasteiger partial charge in [-0.25, -0.2) is 4.98 Å². The van der Waals surface area contributed by atoms with Gasteiger partial charge in [-0.15, -0.1) is 0 Å². The number of ether oxygens (including phenoxy) is 2. The fraction of sp³-hybridized carbons (Fsp3) is 0.375. The molecule has 0 saturated carbocycles. The van der Waals surface area contributed by atoms with Gasteiger partial charge in [-0.1, -0.05) is 0 Å².